The number of nitrogens with zero attached hydrogens (tertiary/aromatic N) is 1. The highest BCUT2D eigenvalue weighted by Crippen LogP contribution is 2.31. The van der Waals surface area contributed by atoms with Crippen LogP contribution in [0.1, 0.15) is 62.1 Å². The standard InChI is InChI=1S/C29H41N3O2S/c1-3-18-32(24-12-13-25-23(21-24)9-8-10-27(25)34-2)19-7-5-4-6-16-30-17-15-22-11-14-26-28(20-22)35-29(33)31-26/h8-11,14,20,24,30H,3-7,12-13,15-19,21H2,1-2H3,(H,31,33)/t24-/m0/s1. The van der Waals surface area contributed by atoms with E-state index in [1.54, 1.807) is 7.11 Å². The molecule has 1 aliphatic carbocycles. The van der Waals surface area contributed by atoms with Gasteiger partial charge in [0.25, 0.3) is 0 Å². The van der Waals surface area contributed by atoms with Crippen LogP contribution >= 0.6 is 11.3 Å². The Morgan fingerprint density at radius 1 is 1.11 bits per heavy atom. The van der Waals surface area contributed by atoms with Gasteiger partial charge in [0, 0.05) is 6.04 Å². The zero-order valence-electron chi connectivity index (χ0n) is 21.4. The Labute approximate surface area is 213 Å². The van der Waals surface area contributed by atoms with Crippen LogP contribution < -0.4 is 14.9 Å². The topological polar surface area (TPSA) is 57.4 Å². The molecular formula is C29H41N3O2S. The predicted octanol–water partition coefficient (Wildman–Crippen LogP) is 5.56. The minimum atomic E-state index is 0.0258. The quantitative estimate of drug-likeness (QED) is 0.288. The third-order valence-corrected chi connectivity index (χ3v) is 8.13. The Hall–Kier alpha value is -2.15. The number of thiazole rings is 1. The average Bonchev–Trinajstić information content (AvgIpc) is 3.25. The first-order valence-corrected chi connectivity index (χ1v) is 14.2. The van der Waals surface area contributed by atoms with Crippen LogP contribution in [0.3, 0.4) is 0 Å². The molecule has 6 heteroatoms. The number of benzene rings is 2. The van der Waals surface area contributed by atoms with Gasteiger partial charge in [0.2, 0.25) is 0 Å². The number of hydrogen-bond acceptors (Lipinski definition) is 5. The molecule has 5 nitrogen and oxygen atoms in total. The van der Waals surface area contributed by atoms with Gasteiger partial charge in [-0.25, -0.2) is 0 Å². The van der Waals surface area contributed by atoms with E-state index in [4.69, 9.17) is 4.74 Å². The van der Waals surface area contributed by atoms with E-state index in [0.717, 1.165) is 48.3 Å². The van der Waals surface area contributed by atoms with Crippen molar-refractivity contribution in [2.24, 2.45) is 0 Å². The molecule has 190 valence electrons. The molecule has 0 fully saturated rings. The number of H-pyrrole nitrogens is 1. The first-order valence-electron chi connectivity index (χ1n) is 13.4. The molecule has 0 radical (unpaired) electrons. The highest BCUT2D eigenvalue weighted by atomic mass is 32.1. The predicted molar refractivity (Wildman–Crippen MR) is 148 cm³/mol. The minimum absolute atomic E-state index is 0.0258. The summed E-state index contributed by atoms with van der Waals surface area (Å²) < 4.78 is 6.65. The van der Waals surface area contributed by atoms with Gasteiger partial charge in [-0.2, -0.15) is 0 Å². The molecule has 0 saturated heterocycles. The molecule has 0 saturated carbocycles. The SMILES string of the molecule is CCCN(CCCCCCNCCc1ccc2[nH]c(=O)sc2c1)[C@H]1CCc2c(cccc2OC)C1. The maximum atomic E-state index is 11.5. The molecule has 35 heavy (non-hydrogen) atoms. The summed E-state index contributed by atoms with van der Waals surface area (Å²) in [6, 6.07) is 13.5. The number of unbranched alkanes of at least 4 members (excludes halogenated alkanes) is 3. The maximum Gasteiger partial charge on any atom is 0.305 e. The van der Waals surface area contributed by atoms with Crippen molar-refractivity contribution in [2.45, 2.75) is 70.8 Å². The lowest BCUT2D eigenvalue weighted by atomic mass is 9.86. The van der Waals surface area contributed by atoms with Gasteiger partial charge in [-0.1, -0.05) is 49.3 Å². The van der Waals surface area contributed by atoms with Gasteiger partial charge in [0.1, 0.15) is 5.75 Å². The molecule has 0 amide bonds. The molecule has 1 aliphatic rings. The van der Waals surface area contributed by atoms with E-state index in [1.165, 1.54) is 79.6 Å². The summed E-state index contributed by atoms with van der Waals surface area (Å²) in [5.74, 6) is 1.07. The second-order valence-corrected chi connectivity index (χ2v) is 10.8. The Kier molecular flexibility index (Phi) is 9.81. The summed E-state index contributed by atoms with van der Waals surface area (Å²) in [5, 5.41) is 3.59. The fourth-order valence-corrected chi connectivity index (χ4v) is 6.24. The van der Waals surface area contributed by atoms with E-state index >= 15 is 0 Å². The monoisotopic (exact) mass is 495 g/mol. The Bertz CT molecular complexity index is 1120. The summed E-state index contributed by atoms with van der Waals surface area (Å²) in [6.07, 6.45) is 10.9. The molecule has 0 unspecified atom stereocenters. The van der Waals surface area contributed by atoms with Crippen molar-refractivity contribution in [3.05, 3.63) is 62.8 Å². The van der Waals surface area contributed by atoms with Gasteiger partial charge in [0.15, 0.2) is 0 Å². The number of methoxy groups -OCH3 is 1. The third kappa shape index (κ3) is 7.18. The van der Waals surface area contributed by atoms with Gasteiger partial charge >= 0.3 is 4.87 Å². The van der Waals surface area contributed by atoms with Crippen LogP contribution in [0.5, 0.6) is 5.75 Å². The average molecular weight is 496 g/mol. The molecule has 0 spiro atoms. The van der Waals surface area contributed by atoms with E-state index in [-0.39, 0.29) is 4.87 Å². The summed E-state index contributed by atoms with van der Waals surface area (Å²) in [6.45, 7) is 6.80. The second kappa shape index (κ2) is 13.2. The first kappa shape index (κ1) is 25.9. The normalized spacial score (nSPS) is 15.6. The first-order chi connectivity index (χ1) is 17.2. The molecule has 2 aromatic carbocycles. The highest BCUT2D eigenvalue weighted by Gasteiger charge is 2.25. The lowest BCUT2D eigenvalue weighted by molar-refractivity contribution is 0.175. The largest absolute Gasteiger partial charge is 0.496 e. The molecule has 0 bridgehead atoms. The molecule has 3 aromatic rings. The summed E-state index contributed by atoms with van der Waals surface area (Å²) in [4.78, 5) is 17.1. The van der Waals surface area contributed by atoms with Crippen LogP contribution in [0.25, 0.3) is 10.2 Å². The van der Waals surface area contributed by atoms with Gasteiger partial charge < -0.3 is 19.9 Å². The number of rotatable bonds is 14. The van der Waals surface area contributed by atoms with Crippen molar-refractivity contribution in [3.8, 4) is 5.75 Å². The van der Waals surface area contributed by atoms with Crippen molar-refractivity contribution in [3.63, 3.8) is 0 Å². The van der Waals surface area contributed by atoms with E-state index in [1.807, 2.05) is 6.07 Å². The fourth-order valence-electron chi connectivity index (χ4n) is 5.44. The maximum absolute atomic E-state index is 11.5. The van der Waals surface area contributed by atoms with E-state index in [2.05, 4.69) is 52.5 Å². The van der Waals surface area contributed by atoms with Gasteiger partial charge in [-0.05, 0) is 106 Å². The van der Waals surface area contributed by atoms with Gasteiger partial charge in [0.05, 0.1) is 17.3 Å². The number of aromatic nitrogens is 1. The number of ether oxygens (including phenoxy) is 1. The number of hydrogen-bond donors (Lipinski definition) is 2. The van der Waals surface area contributed by atoms with Crippen LogP contribution in [-0.2, 0) is 19.3 Å². The van der Waals surface area contributed by atoms with E-state index in [9.17, 15) is 4.79 Å². The third-order valence-electron chi connectivity index (χ3n) is 7.29. The van der Waals surface area contributed by atoms with Crippen molar-refractivity contribution in [2.75, 3.05) is 33.3 Å². The van der Waals surface area contributed by atoms with Crippen LogP contribution in [0, 0.1) is 0 Å². The van der Waals surface area contributed by atoms with Crippen molar-refractivity contribution < 1.29 is 4.74 Å². The minimum Gasteiger partial charge on any atom is -0.496 e. The van der Waals surface area contributed by atoms with Crippen molar-refractivity contribution >= 4 is 21.6 Å². The Balaban J connectivity index is 1.10. The number of fused-ring (bicyclic) bond motifs is 2. The molecular weight excluding hydrogens is 454 g/mol. The lowest BCUT2D eigenvalue weighted by Crippen LogP contribution is -2.40. The van der Waals surface area contributed by atoms with Crippen LogP contribution in [0.2, 0.25) is 0 Å². The highest BCUT2D eigenvalue weighted by molar-refractivity contribution is 7.16. The summed E-state index contributed by atoms with van der Waals surface area (Å²) >= 11 is 1.29. The zero-order chi connectivity index (χ0) is 24.5. The zero-order valence-corrected chi connectivity index (χ0v) is 22.2. The van der Waals surface area contributed by atoms with E-state index in [0.29, 0.717) is 6.04 Å². The molecule has 1 aromatic heterocycles. The van der Waals surface area contributed by atoms with Gasteiger partial charge in [-0.3, -0.25) is 4.79 Å². The fraction of sp³-hybridized carbons (Fsp3) is 0.552. The Morgan fingerprint density at radius 3 is 2.86 bits per heavy atom. The van der Waals surface area contributed by atoms with Gasteiger partial charge in [-0.15, -0.1) is 0 Å². The Morgan fingerprint density at radius 2 is 2.00 bits per heavy atom. The van der Waals surface area contributed by atoms with E-state index < -0.39 is 0 Å². The molecule has 4 rings (SSSR count). The molecule has 1 atom stereocenters. The summed E-state index contributed by atoms with van der Waals surface area (Å²) in [7, 11) is 1.79. The molecule has 0 aliphatic heterocycles. The van der Waals surface area contributed by atoms with Crippen molar-refractivity contribution in [1.29, 1.82) is 0 Å². The summed E-state index contributed by atoms with van der Waals surface area (Å²) in [5.41, 5.74) is 5.15. The number of nitrogens with one attached hydrogen (secondary N) is 2. The van der Waals surface area contributed by atoms with Crippen molar-refractivity contribution in [1.82, 2.24) is 15.2 Å². The van der Waals surface area contributed by atoms with Crippen LogP contribution in [0.15, 0.2) is 41.2 Å². The molecule has 1 heterocycles. The van der Waals surface area contributed by atoms with Crippen LogP contribution in [0.4, 0.5) is 0 Å². The molecule has 2 N–H and O–H groups in total. The second-order valence-electron chi connectivity index (χ2n) is 9.79. The smallest absolute Gasteiger partial charge is 0.305 e. The lowest BCUT2D eigenvalue weighted by Gasteiger charge is -2.35. The number of aromatic amines is 1. The van der Waals surface area contributed by atoms with Crippen LogP contribution in [-0.4, -0.2) is 49.2 Å².